The Morgan fingerprint density at radius 3 is 2.84 bits per heavy atom. The smallest absolute Gasteiger partial charge is 0.220 e. The first kappa shape index (κ1) is 16.0. The minimum absolute atomic E-state index is 0.233. The molecule has 0 radical (unpaired) electrons. The van der Waals surface area contributed by atoms with Crippen LogP contribution in [-0.4, -0.2) is 19.1 Å². The molecule has 0 unspecified atom stereocenters. The number of carbonyl (C=O) groups is 1. The maximum atomic E-state index is 10.6. The van der Waals surface area contributed by atoms with Gasteiger partial charge in [-0.15, -0.1) is 0 Å². The minimum Gasteiger partial charge on any atom is -0.493 e. The molecule has 106 valence electrons. The van der Waals surface area contributed by atoms with Gasteiger partial charge in [-0.25, -0.2) is 0 Å². The van der Waals surface area contributed by atoms with E-state index in [0.717, 1.165) is 28.9 Å². The quantitative estimate of drug-likeness (QED) is 0.770. The van der Waals surface area contributed by atoms with E-state index >= 15 is 0 Å². The molecule has 3 N–H and O–H groups in total. The van der Waals surface area contributed by atoms with E-state index in [0.29, 0.717) is 12.5 Å². The first-order valence-corrected chi connectivity index (χ1v) is 7.18. The summed E-state index contributed by atoms with van der Waals surface area (Å²) < 4.78 is 6.54. The third-order valence-corrected chi connectivity index (χ3v) is 3.28. The number of rotatable bonds is 8. The Morgan fingerprint density at radius 1 is 1.47 bits per heavy atom. The summed E-state index contributed by atoms with van der Waals surface area (Å²) in [5.41, 5.74) is 6.20. The summed E-state index contributed by atoms with van der Waals surface area (Å²) in [5, 5.41) is 3.38. The summed E-state index contributed by atoms with van der Waals surface area (Å²) in [7, 11) is 0. The van der Waals surface area contributed by atoms with Crippen LogP contribution < -0.4 is 15.8 Å². The van der Waals surface area contributed by atoms with Gasteiger partial charge in [0, 0.05) is 11.0 Å². The van der Waals surface area contributed by atoms with Crippen molar-refractivity contribution < 1.29 is 9.53 Å². The molecule has 0 atom stereocenters. The number of carbonyl (C=O) groups excluding carboxylic acids is 1. The molecule has 4 nitrogen and oxygen atoms in total. The van der Waals surface area contributed by atoms with Crippen molar-refractivity contribution in [3.63, 3.8) is 0 Å². The molecule has 19 heavy (non-hydrogen) atoms. The molecule has 1 aromatic rings. The van der Waals surface area contributed by atoms with Crippen LogP contribution in [0, 0.1) is 5.92 Å². The summed E-state index contributed by atoms with van der Waals surface area (Å²) in [6.45, 7) is 6.41. The standard InChI is InChI=1S/C14H21BrN2O2/c1-10(2)8-17-9-11-7-12(3-4-13(11)15)19-6-5-14(16)18/h3-4,7,10,17H,5-6,8-9H2,1-2H3,(H2,16,18). The van der Waals surface area contributed by atoms with Gasteiger partial charge in [0.2, 0.25) is 5.91 Å². The molecule has 0 saturated heterocycles. The van der Waals surface area contributed by atoms with Gasteiger partial charge >= 0.3 is 0 Å². The maximum absolute atomic E-state index is 10.6. The van der Waals surface area contributed by atoms with Crippen molar-refractivity contribution in [2.45, 2.75) is 26.8 Å². The number of amides is 1. The van der Waals surface area contributed by atoms with Crippen molar-refractivity contribution in [2.24, 2.45) is 11.7 Å². The van der Waals surface area contributed by atoms with Gasteiger partial charge in [-0.2, -0.15) is 0 Å². The lowest BCUT2D eigenvalue weighted by atomic mass is 10.2. The summed E-state index contributed by atoms with van der Waals surface area (Å²) in [6, 6.07) is 5.79. The maximum Gasteiger partial charge on any atom is 0.220 e. The molecule has 0 spiro atoms. The molecule has 0 aliphatic heterocycles. The highest BCUT2D eigenvalue weighted by molar-refractivity contribution is 9.10. The van der Waals surface area contributed by atoms with Crippen LogP contribution in [-0.2, 0) is 11.3 Å². The highest BCUT2D eigenvalue weighted by Crippen LogP contribution is 2.22. The van der Waals surface area contributed by atoms with Crippen molar-refractivity contribution in [3.05, 3.63) is 28.2 Å². The van der Waals surface area contributed by atoms with E-state index in [-0.39, 0.29) is 12.3 Å². The number of primary amides is 1. The van der Waals surface area contributed by atoms with Gasteiger partial charge in [-0.3, -0.25) is 4.79 Å². The highest BCUT2D eigenvalue weighted by Gasteiger charge is 2.04. The van der Waals surface area contributed by atoms with E-state index < -0.39 is 0 Å². The summed E-state index contributed by atoms with van der Waals surface area (Å²) >= 11 is 3.52. The molecule has 0 bridgehead atoms. The fraction of sp³-hybridized carbons (Fsp3) is 0.500. The van der Waals surface area contributed by atoms with Gasteiger partial charge in [0.15, 0.2) is 0 Å². The van der Waals surface area contributed by atoms with Crippen LogP contribution >= 0.6 is 15.9 Å². The number of hydrogen-bond acceptors (Lipinski definition) is 3. The molecule has 0 heterocycles. The second kappa shape index (κ2) is 8.17. The zero-order valence-corrected chi connectivity index (χ0v) is 13.0. The average Bonchev–Trinajstić information content (AvgIpc) is 2.32. The number of ether oxygens (including phenoxy) is 1. The Hall–Kier alpha value is -1.07. The van der Waals surface area contributed by atoms with E-state index in [1.807, 2.05) is 18.2 Å². The Balaban J connectivity index is 2.53. The fourth-order valence-corrected chi connectivity index (χ4v) is 1.93. The number of nitrogens with one attached hydrogen (secondary N) is 1. The second-order valence-electron chi connectivity index (χ2n) is 4.84. The van der Waals surface area contributed by atoms with Gasteiger partial charge in [0.25, 0.3) is 0 Å². The lowest BCUT2D eigenvalue weighted by Gasteiger charge is -2.11. The van der Waals surface area contributed by atoms with E-state index in [4.69, 9.17) is 10.5 Å². The molecular weight excluding hydrogens is 308 g/mol. The van der Waals surface area contributed by atoms with Crippen LogP contribution in [0.3, 0.4) is 0 Å². The molecule has 0 fully saturated rings. The second-order valence-corrected chi connectivity index (χ2v) is 5.70. The molecule has 1 aromatic carbocycles. The van der Waals surface area contributed by atoms with Gasteiger partial charge in [0.1, 0.15) is 5.75 Å². The number of hydrogen-bond donors (Lipinski definition) is 2. The Morgan fingerprint density at radius 2 is 2.21 bits per heavy atom. The van der Waals surface area contributed by atoms with Crippen LogP contribution in [0.15, 0.2) is 22.7 Å². The molecule has 1 amide bonds. The summed E-state index contributed by atoms with van der Waals surface area (Å²) in [5.74, 6) is 1.02. The van der Waals surface area contributed by atoms with Gasteiger partial charge in [-0.1, -0.05) is 29.8 Å². The largest absolute Gasteiger partial charge is 0.493 e. The fourth-order valence-electron chi connectivity index (χ4n) is 1.54. The molecular formula is C14H21BrN2O2. The Kier molecular flexibility index (Phi) is 6.87. The van der Waals surface area contributed by atoms with Gasteiger partial charge in [0.05, 0.1) is 13.0 Å². The number of nitrogens with two attached hydrogens (primary N) is 1. The Bertz CT molecular complexity index is 422. The third kappa shape index (κ3) is 6.59. The van der Waals surface area contributed by atoms with Crippen molar-refractivity contribution >= 4 is 21.8 Å². The molecule has 5 heteroatoms. The van der Waals surface area contributed by atoms with Crippen LogP contribution in [0.5, 0.6) is 5.75 Å². The van der Waals surface area contributed by atoms with Crippen LogP contribution in [0.1, 0.15) is 25.8 Å². The molecule has 0 aromatic heterocycles. The predicted octanol–water partition coefficient (Wildman–Crippen LogP) is 2.45. The minimum atomic E-state index is -0.351. The van der Waals surface area contributed by atoms with E-state index in [1.54, 1.807) is 0 Å². The third-order valence-electron chi connectivity index (χ3n) is 2.50. The zero-order chi connectivity index (χ0) is 14.3. The number of benzene rings is 1. The predicted molar refractivity (Wildman–Crippen MR) is 80.0 cm³/mol. The van der Waals surface area contributed by atoms with Gasteiger partial charge in [-0.05, 0) is 36.2 Å². The molecule has 0 aliphatic carbocycles. The summed E-state index contributed by atoms with van der Waals surface area (Å²) in [6.07, 6.45) is 0.233. The highest BCUT2D eigenvalue weighted by atomic mass is 79.9. The molecule has 0 saturated carbocycles. The van der Waals surface area contributed by atoms with Crippen LogP contribution in [0.4, 0.5) is 0 Å². The van der Waals surface area contributed by atoms with Crippen molar-refractivity contribution in [1.82, 2.24) is 5.32 Å². The summed E-state index contributed by atoms with van der Waals surface area (Å²) in [4.78, 5) is 10.6. The number of halogens is 1. The first-order chi connectivity index (χ1) is 8.99. The zero-order valence-electron chi connectivity index (χ0n) is 11.4. The van der Waals surface area contributed by atoms with E-state index in [2.05, 4.69) is 35.1 Å². The van der Waals surface area contributed by atoms with E-state index in [9.17, 15) is 4.79 Å². The lowest BCUT2D eigenvalue weighted by molar-refractivity contribution is -0.118. The molecule has 1 rings (SSSR count). The molecule has 0 aliphatic rings. The topological polar surface area (TPSA) is 64.3 Å². The average molecular weight is 329 g/mol. The van der Waals surface area contributed by atoms with E-state index in [1.165, 1.54) is 0 Å². The van der Waals surface area contributed by atoms with Gasteiger partial charge < -0.3 is 15.8 Å². The first-order valence-electron chi connectivity index (χ1n) is 6.39. The van der Waals surface area contributed by atoms with Crippen molar-refractivity contribution in [1.29, 1.82) is 0 Å². The van der Waals surface area contributed by atoms with Crippen LogP contribution in [0.25, 0.3) is 0 Å². The Labute approximate surface area is 122 Å². The van der Waals surface area contributed by atoms with Crippen LogP contribution in [0.2, 0.25) is 0 Å². The monoisotopic (exact) mass is 328 g/mol. The lowest BCUT2D eigenvalue weighted by Crippen LogP contribution is -2.19. The van der Waals surface area contributed by atoms with Crippen molar-refractivity contribution in [2.75, 3.05) is 13.2 Å². The van der Waals surface area contributed by atoms with Crippen molar-refractivity contribution in [3.8, 4) is 5.75 Å². The SMILES string of the molecule is CC(C)CNCc1cc(OCCC(N)=O)ccc1Br. The normalized spacial score (nSPS) is 10.7.